The molecule has 1 unspecified atom stereocenters. The molecule has 0 aromatic heterocycles. The second-order valence-electron chi connectivity index (χ2n) is 5.00. The van der Waals surface area contributed by atoms with E-state index in [0.717, 1.165) is 19.5 Å². The summed E-state index contributed by atoms with van der Waals surface area (Å²) in [5.74, 6) is 2.60. The van der Waals surface area contributed by atoms with Crippen LogP contribution in [0.25, 0.3) is 0 Å². The first-order valence-electron chi connectivity index (χ1n) is 5.33. The smallest absolute Gasteiger partial charge is 0.312 e. The normalized spacial score (nSPS) is 23.2. The van der Waals surface area contributed by atoms with Crippen molar-refractivity contribution in [1.29, 1.82) is 0 Å². The largest absolute Gasteiger partial charge is 0.448 e. The Kier molecular flexibility index (Phi) is 3.76. The molecule has 0 aromatic carbocycles. The lowest BCUT2D eigenvalue weighted by molar-refractivity contribution is -0.157. The minimum atomic E-state index is -0.485. The third-order valence-electron chi connectivity index (χ3n) is 2.54. The van der Waals surface area contributed by atoms with E-state index in [4.69, 9.17) is 11.2 Å². The molecule has 0 aliphatic carbocycles. The maximum absolute atomic E-state index is 11.7. The van der Waals surface area contributed by atoms with Gasteiger partial charge in [-0.15, -0.1) is 6.42 Å². The van der Waals surface area contributed by atoms with Gasteiger partial charge < -0.3 is 10.1 Å². The SMILES string of the molecule is C#CC(OC(=O)C(C)(C)C)[C@H]1CCNC1. The average molecular weight is 209 g/mol. The molecule has 0 spiro atoms. The molecule has 0 amide bonds. The third-order valence-corrected chi connectivity index (χ3v) is 2.54. The van der Waals surface area contributed by atoms with Crippen molar-refractivity contribution in [2.45, 2.75) is 33.3 Å². The molecule has 1 fully saturated rings. The van der Waals surface area contributed by atoms with E-state index in [2.05, 4.69) is 11.2 Å². The molecule has 1 saturated heterocycles. The number of hydrogen-bond acceptors (Lipinski definition) is 3. The fourth-order valence-corrected chi connectivity index (χ4v) is 1.49. The summed E-state index contributed by atoms with van der Waals surface area (Å²) >= 11 is 0. The first-order valence-corrected chi connectivity index (χ1v) is 5.33. The maximum Gasteiger partial charge on any atom is 0.312 e. The van der Waals surface area contributed by atoms with Crippen molar-refractivity contribution in [2.24, 2.45) is 11.3 Å². The fourth-order valence-electron chi connectivity index (χ4n) is 1.49. The second kappa shape index (κ2) is 4.67. The van der Waals surface area contributed by atoms with Crippen LogP contribution in [0.1, 0.15) is 27.2 Å². The van der Waals surface area contributed by atoms with E-state index in [0.29, 0.717) is 0 Å². The zero-order chi connectivity index (χ0) is 11.5. The van der Waals surface area contributed by atoms with Gasteiger partial charge in [0.25, 0.3) is 0 Å². The standard InChI is InChI=1S/C12H19NO2/c1-5-10(9-6-7-13-8-9)15-11(14)12(2,3)4/h1,9-10,13H,6-8H2,2-4H3/t9-,10?/m0/s1. The summed E-state index contributed by atoms with van der Waals surface area (Å²) in [7, 11) is 0. The molecule has 1 aliphatic rings. The van der Waals surface area contributed by atoms with Gasteiger partial charge in [0.2, 0.25) is 0 Å². The Morgan fingerprint density at radius 3 is 2.67 bits per heavy atom. The van der Waals surface area contributed by atoms with E-state index in [9.17, 15) is 4.79 Å². The van der Waals surface area contributed by atoms with Crippen molar-refractivity contribution < 1.29 is 9.53 Å². The lowest BCUT2D eigenvalue weighted by Crippen LogP contribution is -2.32. The van der Waals surface area contributed by atoms with Crippen molar-refractivity contribution in [1.82, 2.24) is 5.32 Å². The van der Waals surface area contributed by atoms with Crippen molar-refractivity contribution in [2.75, 3.05) is 13.1 Å². The van der Waals surface area contributed by atoms with Gasteiger partial charge in [-0.25, -0.2) is 0 Å². The van der Waals surface area contributed by atoms with Gasteiger partial charge in [-0.05, 0) is 33.7 Å². The number of carbonyl (C=O) groups is 1. The number of carbonyl (C=O) groups excluding carboxylic acids is 1. The van der Waals surface area contributed by atoms with E-state index in [-0.39, 0.29) is 18.0 Å². The van der Waals surface area contributed by atoms with E-state index < -0.39 is 5.41 Å². The molecule has 1 heterocycles. The minimum Gasteiger partial charge on any atom is -0.448 e. The summed E-state index contributed by atoms with van der Waals surface area (Å²) in [4.78, 5) is 11.7. The first kappa shape index (κ1) is 12.1. The molecule has 3 heteroatoms. The van der Waals surface area contributed by atoms with Gasteiger partial charge >= 0.3 is 5.97 Å². The molecular formula is C12H19NO2. The molecule has 0 saturated carbocycles. The Balaban J connectivity index is 2.54. The lowest BCUT2D eigenvalue weighted by Gasteiger charge is -2.23. The molecule has 0 bridgehead atoms. The Bertz CT molecular complexity index is 266. The molecule has 1 N–H and O–H groups in total. The molecule has 0 aromatic rings. The summed E-state index contributed by atoms with van der Waals surface area (Å²) in [6.07, 6.45) is 5.98. The number of esters is 1. The number of rotatable bonds is 2. The van der Waals surface area contributed by atoms with Crippen molar-refractivity contribution in [3.63, 3.8) is 0 Å². The van der Waals surface area contributed by atoms with E-state index in [1.807, 2.05) is 20.8 Å². The fraction of sp³-hybridized carbons (Fsp3) is 0.750. The predicted octanol–water partition coefficient (Wildman–Crippen LogP) is 1.19. The summed E-state index contributed by atoms with van der Waals surface area (Å²) in [6, 6.07) is 0. The topological polar surface area (TPSA) is 38.3 Å². The highest BCUT2D eigenvalue weighted by Gasteiger charge is 2.30. The van der Waals surface area contributed by atoms with Crippen molar-refractivity contribution in [3.05, 3.63) is 0 Å². The summed E-state index contributed by atoms with van der Waals surface area (Å²) in [5, 5.41) is 3.21. The molecule has 3 nitrogen and oxygen atoms in total. The molecular weight excluding hydrogens is 190 g/mol. The third kappa shape index (κ3) is 3.24. The van der Waals surface area contributed by atoms with Gasteiger partial charge in [-0.1, -0.05) is 5.92 Å². The van der Waals surface area contributed by atoms with Gasteiger partial charge in [0, 0.05) is 12.5 Å². The average Bonchev–Trinajstić information content (AvgIpc) is 2.64. The molecule has 84 valence electrons. The number of ether oxygens (including phenoxy) is 1. The van der Waals surface area contributed by atoms with Crippen LogP contribution in [0, 0.1) is 23.7 Å². The van der Waals surface area contributed by atoms with Crippen LogP contribution in [-0.4, -0.2) is 25.2 Å². The molecule has 2 atom stereocenters. The highest BCUT2D eigenvalue weighted by Crippen LogP contribution is 2.21. The van der Waals surface area contributed by atoms with Crippen LogP contribution in [0.5, 0.6) is 0 Å². The van der Waals surface area contributed by atoms with Crippen molar-refractivity contribution >= 4 is 5.97 Å². The van der Waals surface area contributed by atoms with Crippen LogP contribution in [0.3, 0.4) is 0 Å². The molecule has 1 aliphatic heterocycles. The Morgan fingerprint density at radius 2 is 2.27 bits per heavy atom. The lowest BCUT2D eigenvalue weighted by atomic mass is 9.96. The van der Waals surface area contributed by atoms with E-state index in [1.165, 1.54) is 0 Å². The summed E-state index contributed by atoms with van der Waals surface area (Å²) < 4.78 is 5.33. The van der Waals surface area contributed by atoms with Crippen LogP contribution in [0.15, 0.2) is 0 Å². The van der Waals surface area contributed by atoms with Gasteiger partial charge in [-0.3, -0.25) is 4.79 Å². The number of hydrogen-bond donors (Lipinski definition) is 1. The van der Waals surface area contributed by atoms with Gasteiger partial charge in [0.05, 0.1) is 5.41 Å². The van der Waals surface area contributed by atoms with Crippen LogP contribution < -0.4 is 5.32 Å². The highest BCUT2D eigenvalue weighted by atomic mass is 16.5. The van der Waals surface area contributed by atoms with Gasteiger partial charge in [0.15, 0.2) is 6.10 Å². The van der Waals surface area contributed by atoms with E-state index >= 15 is 0 Å². The monoisotopic (exact) mass is 209 g/mol. The number of nitrogens with one attached hydrogen (secondary N) is 1. The van der Waals surface area contributed by atoms with Gasteiger partial charge in [-0.2, -0.15) is 0 Å². The predicted molar refractivity (Wildman–Crippen MR) is 59.1 cm³/mol. The molecule has 15 heavy (non-hydrogen) atoms. The van der Waals surface area contributed by atoms with Gasteiger partial charge in [0.1, 0.15) is 0 Å². The maximum atomic E-state index is 11.7. The highest BCUT2D eigenvalue weighted by molar-refractivity contribution is 5.75. The quantitative estimate of drug-likeness (QED) is 0.548. The summed E-state index contributed by atoms with van der Waals surface area (Å²) in [5.41, 5.74) is -0.485. The molecule has 1 rings (SSSR count). The second-order valence-corrected chi connectivity index (χ2v) is 5.00. The van der Waals surface area contributed by atoms with Crippen molar-refractivity contribution in [3.8, 4) is 12.3 Å². The van der Waals surface area contributed by atoms with Crippen LogP contribution in [0.2, 0.25) is 0 Å². The van der Waals surface area contributed by atoms with Crippen LogP contribution in [0.4, 0.5) is 0 Å². The first-order chi connectivity index (χ1) is 6.95. The van der Waals surface area contributed by atoms with Crippen LogP contribution >= 0.6 is 0 Å². The zero-order valence-electron chi connectivity index (χ0n) is 9.67. The minimum absolute atomic E-state index is 0.225. The summed E-state index contributed by atoms with van der Waals surface area (Å²) in [6.45, 7) is 7.28. The zero-order valence-corrected chi connectivity index (χ0v) is 9.67. The van der Waals surface area contributed by atoms with Crippen LogP contribution in [-0.2, 0) is 9.53 Å². The Morgan fingerprint density at radius 1 is 1.60 bits per heavy atom. The Hall–Kier alpha value is -1.01. The number of terminal acetylenes is 1. The van der Waals surface area contributed by atoms with E-state index in [1.54, 1.807) is 0 Å². The Labute approximate surface area is 91.6 Å². The molecule has 0 radical (unpaired) electrons.